The fourth-order valence-electron chi connectivity index (χ4n) is 2.86. The SMILES string of the molecule is C#CCN(C(=O)Oc1cccc([C@@H](C)N(C)C)c1)[C@H](C)Cc1ccccc1. The highest BCUT2D eigenvalue weighted by Crippen LogP contribution is 2.23. The van der Waals surface area contributed by atoms with E-state index < -0.39 is 6.09 Å². The third kappa shape index (κ3) is 5.87. The number of nitrogens with zero attached hydrogens (tertiary/aromatic N) is 2. The van der Waals surface area contributed by atoms with Crippen LogP contribution >= 0.6 is 0 Å². The Balaban J connectivity index is 2.10. The quantitative estimate of drug-likeness (QED) is 0.684. The van der Waals surface area contributed by atoms with E-state index in [4.69, 9.17) is 11.2 Å². The zero-order valence-electron chi connectivity index (χ0n) is 16.6. The number of ether oxygens (including phenoxy) is 1. The monoisotopic (exact) mass is 364 g/mol. The fourth-order valence-corrected chi connectivity index (χ4v) is 2.86. The molecule has 0 aliphatic carbocycles. The van der Waals surface area contributed by atoms with Gasteiger partial charge in [0.2, 0.25) is 0 Å². The summed E-state index contributed by atoms with van der Waals surface area (Å²) < 4.78 is 5.63. The fraction of sp³-hybridized carbons (Fsp3) is 0.348. The molecule has 2 aromatic rings. The summed E-state index contributed by atoms with van der Waals surface area (Å²) in [6, 6.07) is 17.8. The van der Waals surface area contributed by atoms with Crippen molar-refractivity contribution in [3.63, 3.8) is 0 Å². The van der Waals surface area contributed by atoms with Crippen molar-refractivity contribution in [2.24, 2.45) is 0 Å². The van der Waals surface area contributed by atoms with Gasteiger partial charge in [-0.2, -0.15) is 0 Å². The summed E-state index contributed by atoms with van der Waals surface area (Å²) in [6.45, 7) is 4.30. The van der Waals surface area contributed by atoms with Crippen molar-refractivity contribution >= 4 is 6.09 Å². The maximum atomic E-state index is 12.7. The largest absolute Gasteiger partial charge is 0.416 e. The van der Waals surface area contributed by atoms with Gasteiger partial charge in [-0.25, -0.2) is 4.79 Å². The van der Waals surface area contributed by atoms with Gasteiger partial charge in [-0.3, -0.25) is 4.90 Å². The maximum absolute atomic E-state index is 12.7. The molecule has 0 aromatic heterocycles. The Bertz CT molecular complexity index is 780. The van der Waals surface area contributed by atoms with Crippen LogP contribution < -0.4 is 4.74 Å². The van der Waals surface area contributed by atoms with Crippen LogP contribution in [0.4, 0.5) is 4.79 Å². The van der Waals surface area contributed by atoms with E-state index in [1.807, 2.05) is 69.6 Å². The summed E-state index contributed by atoms with van der Waals surface area (Å²) in [5.74, 6) is 3.09. The molecule has 0 spiro atoms. The molecule has 0 N–H and O–H groups in total. The van der Waals surface area contributed by atoms with Crippen molar-refractivity contribution in [3.8, 4) is 18.1 Å². The van der Waals surface area contributed by atoms with E-state index in [0.29, 0.717) is 5.75 Å². The van der Waals surface area contributed by atoms with Crippen LogP contribution in [0.15, 0.2) is 54.6 Å². The molecule has 142 valence electrons. The van der Waals surface area contributed by atoms with E-state index in [9.17, 15) is 4.79 Å². The average molecular weight is 364 g/mol. The summed E-state index contributed by atoms with van der Waals surface area (Å²) in [6.07, 6.45) is 5.78. The summed E-state index contributed by atoms with van der Waals surface area (Å²) >= 11 is 0. The second kappa shape index (κ2) is 9.80. The Morgan fingerprint density at radius 1 is 1.11 bits per heavy atom. The lowest BCUT2D eigenvalue weighted by Crippen LogP contribution is -2.41. The van der Waals surface area contributed by atoms with Gasteiger partial charge in [-0.15, -0.1) is 6.42 Å². The summed E-state index contributed by atoms with van der Waals surface area (Å²) in [5.41, 5.74) is 2.24. The molecule has 4 heteroatoms. The second-order valence-electron chi connectivity index (χ2n) is 6.95. The molecule has 0 unspecified atom stereocenters. The van der Waals surface area contributed by atoms with E-state index in [2.05, 4.69) is 17.7 Å². The number of rotatable bonds is 7. The predicted molar refractivity (Wildman–Crippen MR) is 110 cm³/mol. The molecule has 0 aliphatic rings. The van der Waals surface area contributed by atoms with Crippen LogP contribution in [0.25, 0.3) is 0 Å². The van der Waals surface area contributed by atoms with E-state index >= 15 is 0 Å². The van der Waals surface area contributed by atoms with E-state index in [0.717, 1.165) is 17.5 Å². The lowest BCUT2D eigenvalue weighted by Gasteiger charge is -2.27. The van der Waals surface area contributed by atoms with Gasteiger partial charge in [0.05, 0.1) is 6.54 Å². The highest BCUT2D eigenvalue weighted by molar-refractivity contribution is 5.71. The molecule has 0 saturated heterocycles. The minimum absolute atomic E-state index is 0.0696. The highest BCUT2D eigenvalue weighted by Gasteiger charge is 2.22. The molecule has 2 rings (SSSR count). The van der Waals surface area contributed by atoms with Gasteiger partial charge >= 0.3 is 6.09 Å². The Hall–Kier alpha value is -2.77. The van der Waals surface area contributed by atoms with Crippen molar-refractivity contribution in [3.05, 3.63) is 65.7 Å². The van der Waals surface area contributed by atoms with Crippen molar-refractivity contribution in [1.29, 1.82) is 0 Å². The van der Waals surface area contributed by atoms with Gasteiger partial charge in [-0.05, 0) is 57.6 Å². The second-order valence-corrected chi connectivity index (χ2v) is 6.95. The molecule has 2 aromatic carbocycles. The molecule has 0 fully saturated rings. The van der Waals surface area contributed by atoms with Crippen LogP contribution in [-0.2, 0) is 6.42 Å². The lowest BCUT2D eigenvalue weighted by molar-refractivity contribution is 0.142. The van der Waals surface area contributed by atoms with Crippen LogP contribution in [0.2, 0.25) is 0 Å². The first-order valence-corrected chi connectivity index (χ1v) is 9.14. The summed E-state index contributed by atoms with van der Waals surface area (Å²) in [4.78, 5) is 16.4. The molecular weight excluding hydrogens is 336 g/mol. The van der Waals surface area contributed by atoms with Crippen molar-refractivity contribution in [2.45, 2.75) is 32.4 Å². The normalized spacial score (nSPS) is 12.9. The molecule has 27 heavy (non-hydrogen) atoms. The summed E-state index contributed by atoms with van der Waals surface area (Å²) in [5, 5.41) is 0. The number of amides is 1. The number of hydrogen-bond acceptors (Lipinski definition) is 3. The third-order valence-electron chi connectivity index (χ3n) is 4.72. The molecule has 0 bridgehead atoms. The molecular formula is C23H28N2O2. The zero-order chi connectivity index (χ0) is 19.8. The van der Waals surface area contributed by atoms with Crippen molar-refractivity contribution < 1.29 is 9.53 Å². The maximum Gasteiger partial charge on any atom is 0.416 e. The van der Waals surface area contributed by atoms with Crippen LogP contribution in [-0.4, -0.2) is 42.6 Å². The Labute approximate surface area is 162 Å². The Kier molecular flexibility index (Phi) is 7.45. The Morgan fingerprint density at radius 2 is 1.81 bits per heavy atom. The highest BCUT2D eigenvalue weighted by atomic mass is 16.6. The number of hydrogen-bond donors (Lipinski definition) is 0. The molecule has 0 heterocycles. The van der Waals surface area contributed by atoms with Gasteiger partial charge in [0.25, 0.3) is 0 Å². The Morgan fingerprint density at radius 3 is 2.44 bits per heavy atom. The van der Waals surface area contributed by atoms with Gasteiger partial charge in [0.1, 0.15) is 5.75 Å². The zero-order valence-corrected chi connectivity index (χ0v) is 16.6. The van der Waals surface area contributed by atoms with Gasteiger partial charge < -0.3 is 9.64 Å². The molecule has 0 radical (unpaired) electrons. The van der Waals surface area contributed by atoms with Crippen molar-refractivity contribution in [2.75, 3.05) is 20.6 Å². The first-order chi connectivity index (χ1) is 12.9. The minimum Gasteiger partial charge on any atom is -0.410 e. The average Bonchev–Trinajstić information content (AvgIpc) is 2.66. The van der Waals surface area contributed by atoms with Gasteiger partial charge in [0, 0.05) is 12.1 Å². The summed E-state index contributed by atoms with van der Waals surface area (Å²) in [7, 11) is 4.03. The van der Waals surface area contributed by atoms with Crippen LogP contribution in [0.1, 0.15) is 31.0 Å². The molecule has 2 atom stereocenters. The molecule has 4 nitrogen and oxygen atoms in total. The number of carbonyl (C=O) groups is 1. The first-order valence-electron chi connectivity index (χ1n) is 9.14. The van der Waals surface area contributed by atoms with E-state index in [-0.39, 0.29) is 18.6 Å². The number of terminal acetylenes is 1. The predicted octanol–water partition coefficient (Wildman–Crippen LogP) is 4.37. The van der Waals surface area contributed by atoms with Crippen molar-refractivity contribution in [1.82, 2.24) is 9.80 Å². The smallest absolute Gasteiger partial charge is 0.410 e. The topological polar surface area (TPSA) is 32.8 Å². The van der Waals surface area contributed by atoms with E-state index in [1.165, 1.54) is 0 Å². The number of carbonyl (C=O) groups excluding carboxylic acids is 1. The minimum atomic E-state index is -0.425. The van der Waals surface area contributed by atoms with Crippen LogP contribution in [0, 0.1) is 12.3 Å². The standard InChI is InChI=1S/C23H28N2O2/c1-6-15-25(18(2)16-20-11-8-7-9-12-20)23(26)27-22-14-10-13-21(17-22)19(3)24(4)5/h1,7-14,17-19H,15-16H2,2-5H3/t18-,19-/m1/s1. The first kappa shape index (κ1) is 20.5. The molecule has 0 aliphatic heterocycles. The third-order valence-corrected chi connectivity index (χ3v) is 4.72. The number of benzene rings is 2. The van der Waals surface area contributed by atoms with E-state index in [1.54, 1.807) is 11.0 Å². The molecule has 0 saturated carbocycles. The van der Waals surface area contributed by atoms with Gasteiger partial charge in [0.15, 0.2) is 0 Å². The van der Waals surface area contributed by atoms with Crippen LogP contribution in [0.3, 0.4) is 0 Å². The lowest BCUT2D eigenvalue weighted by atomic mass is 10.1. The van der Waals surface area contributed by atoms with Gasteiger partial charge in [-0.1, -0.05) is 48.4 Å². The molecule has 1 amide bonds. The van der Waals surface area contributed by atoms with Crippen LogP contribution in [0.5, 0.6) is 5.75 Å².